The highest BCUT2D eigenvalue weighted by Gasteiger charge is 2.21. The smallest absolute Gasteiger partial charge is 0.129 e. The average Bonchev–Trinajstić information content (AvgIpc) is 2.39. The number of halogens is 3. The molecule has 1 nitrogen and oxygen atoms in total. The number of rotatable bonds is 3. The Bertz CT molecular complexity index is 622. The summed E-state index contributed by atoms with van der Waals surface area (Å²) in [5, 5.41) is 3.60. The molecule has 0 saturated heterocycles. The minimum atomic E-state index is -0.295. The fourth-order valence-corrected chi connectivity index (χ4v) is 3.09. The van der Waals surface area contributed by atoms with Crippen molar-refractivity contribution in [2.45, 2.75) is 19.9 Å². The molecule has 0 amide bonds. The van der Waals surface area contributed by atoms with Gasteiger partial charge in [0.1, 0.15) is 5.82 Å². The van der Waals surface area contributed by atoms with Crippen LogP contribution in [0.15, 0.2) is 34.8 Å². The van der Waals surface area contributed by atoms with Gasteiger partial charge in [0, 0.05) is 15.1 Å². The van der Waals surface area contributed by atoms with E-state index in [1.807, 2.05) is 27.0 Å². The number of hydrogen-bond donors (Lipinski definition) is 1. The summed E-state index contributed by atoms with van der Waals surface area (Å²) in [7, 11) is 1.81. The highest BCUT2D eigenvalue weighted by Crippen LogP contribution is 2.33. The van der Waals surface area contributed by atoms with Gasteiger partial charge in [-0.1, -0.05) is 39.7 Å². The van der Waals surface area contributed by atoms with Crippen molar-refractivity contribution >= 4 is 27.5 Å². The van der Waals surface area contributed by atoms with Crippen LogP contribution in [0, 0.1) is 19.7 Å². The van der Waals surface area contributed by atoms with Crippen LogP contribution in [0.2, 0.25) is 5.02 Å². The van der Waals surface area contributed by atoms with Crippen molar-refractivity contribution in [2.75, 3.05) is 7.05 Å². The molecule has 2 rings (SSSR count). The van der Waals surface area contributed by atoms with Crippen LogP contribution in [0.1, 0.15) is 28.3 Å². The van der Waals surface area contributed by atoms with Gasteiger partial charge in [-0.15, -0.1) is 0 Å². The van der Waals surface area contributed by atoms with E-state index in [0.29, 0.717) is 10.6 Å². The predicted molar refractivity (Wildman–Crippen MR) is 85.9 cm³/mol. The van der Waals surface area contributed by atoms with E-state index in [0.717, 1.165) is 21.2 Å². The molecule has 0 fully saturated rings. The zero-order valence-corrected chi connectivity index (χ0v) is 13.9. The Hall–Kier alpha value is -0.900. The first-order valence-corrected chi connectivity index (χ1v) is 7.50. The number of aryl methyl sites for hydroxylation is 2. The maximum absolute atomic E-state index is 14.2. The second kappa shape index (κ2) is 6.25. The Balaban J connectivity index is 2.62. The molecule has 2 aromatic rings. The van der Waals surface area contributed by atoms with E-state index >= 15 is 0 Å². The molecule has 0 aliphatic heterocycles. The molecule has 0 spiro atoms. The molecule has 0 radical (unpaired) electrons. The highest BCUT2D eigenvalue weighted by atomic mass is 79.9. The van der Waals surface area contributed by atoms with Gasteiger partial charge >= 0.3 is 0 Å². The third-order valence-electron chi connectivity index (χ3n) is 3.44. The average molecular weight is 357 g/mol. The predicted octanol–water partition coefficient (Wildman–Crippen LogP) is 5.17. The molecule has 0 aliphatic carbocycles. The summed E-state index contributed by atoms with van der Waals surface area (Å²) in [4.78, 5) is 0. The molecular weight excluding hydrogens is 341 g/mol. The van der Waals surface area contributed by atoms with E-state index < -0.39 is 0 Å². The zero-order chi connectivity index (χ0) is 14.9. The van der Waals surface area contributed by atoms with Crippen LogP contribution in [-0.2, 0) is 0 Å². The van der Waals surface area contributed by atoms with Crippen molar-refractivity contribution in [1.82, 2.24) is 5.32 Å². The quantitative estimate of drug-likeness (QED) is 0.800. The van der Waals surface area contributed by atoms with Gasteiger partial charge in [-0.2, -0.15) is 0 Å². The van der Waals surface area contributed by atoms with Crippen LogP contribution in [0.5, 0.6) is 0 Å². The lowest BCUT2D eigenvalue weighted by Gasteiger charge is -2.22. The first-order valence-electron chi connectivity index (χ1n) is 6.33. The molecule has 0 heterocycles. The summed E-state index contributed by atoms with van der Waals surface area (Å²) in [6, 6.07) is 8.61. The SMILES string of the molecule is CNC(c1cc(C)c(Br)cc1C)c1c(F)cccc1Cl. The first kappa shape index (κ1) is 15.5. The number of benzene rings is 2. The normalized spacial score (nSPS) is 12.5. The fraction of sp³-hybridized carbons (Fsp3) is 0.250. The molecule has 0 aliphatic rings. The fourth-order valence-electron chi connectivity index (χ4n) is 2.36. The third-order valence-corrected chi connectivity index (χ3v) is 4.62. The van der Waals surface area contributed by atoms with Crippen LogP contribution >= 0.6 is 27.5 Å². The topological polar surface area (TPSA) is 12.0 Å². The summed E-state index contributed by atoms with van der Waals surface area (Å²) in [5.74, 6) is -0.295. The van der Waals surface area contributed by atoms with Crippen molar-refractivity contribution in [3.63, 3.8) is 0 Å². The van der Waals surface area contributed by atoms with E-state index in [2.05, 4.69) is 27.3 Å². The number of nitrogens with one attached hydrogen (secondary N) is 1. The molecule has 1 N–H and O–H groups in total. The Morgan fingerprint density at radius 3 is 2.50 bits per heavy atom. The maximum atomic E-state index is 14.2. The van der Waals surface area contributed by atoms with E-state index in [-0.39, 0.29) is 11.9 Å². The van der Waals surface area contributed by atoms with Gasteiger partial charge in [0.15, 0.2) is 0 Å². The summed E-state index contributed by atoms with van der Waals surface area (Å²) in [6.45, 7) is 4.03. The minimum absolute atomic E-state index is 0.268. The number of hydrogen-bond acceptors (Lipinski definition) is 1. The molecule has 0 bridgehead atoms. The van der Waals surface area contributed by atoms with Gasteiger partial charge in [0.2, 0.25) is 0 Å². The molecule has 1 unspecified atom stereocenters. The highest BCUT2D eigenvalue weighted by molar-refractivity contribution is 9.10. The van der Waals surface area contributed by atoms with E-state index in [4.69, 9.17) is 11.6 Å². The Morgan fingerprint density at radius 2 is 1.90 bits per heavy atom. The van der Waals surface area contributed by atoms with Gasteiger partial charge in [0.25, 0.3) is 0 Å². The lowest BCUT2D eigenvalue weighted by molar-refractivity contribution is 0.575. The van der Waals surface area contributed by atoms with Crippen LogP contribution in [0.4, 0.5) is 4.39 Å². The molecular formula is C16H16BrClFN. The molecule has 2 aromatic carbocycles. The molecule has 4 heteroatoms. The lowest BCUT2D eigenvalue weighted by atomic mass is 9.93. The van der Waals surface area contributed by atoms with Gasteiger partial charge < -0.3 is 5.32 Å². The standard InChI is InChI=1S/C16H16BrClFN/c1-9-8-12(17)10(2)7-11(9)16(20-3)15-13(18)5-4-6-14(15)19/h4-8,16,20H,1-3H3. The van der Waals surface area contributed by atoms with E-state index in [1.54, 1.807) is 12.1 Å². The van der Waals surface area contributed by atoms with Crippen molar-refractivity contribution in [3.05, 3.63) is 67.9 Å². The maximum Gasteiger partial charge on any atom is 0.129 e. The Morgan fingerprint density at radius 1 is 1.20 bits per heavy atom. The van der Waals surface area contributed by atoms with E-state index in [9.17, 15) is 4.39 Å². The van der Waals surface area contributed by atoms with Crippen LogP contribution < -0.4 is 5.32 Å². The van der Waals surface area contributed by atoms with Crippen LogP contribution in [0.25, 0.3) is 0 Å². The van der Waals surface area contributed by atoms with Gasteiger partial charge in [0.05, 0.1) is 6.04 Å². The largest absolute Gasteiger partial charge is 0.309 e. The van der Waals surface area contributed by atoms with Crippen molar-refractivity contribution in [1.29, 1.82) is 0 Å². The van der Waals surface area contributed by atoms with E-state index in [1.165, 1.54) is 6.07 Å². The Labute approximate surface area is 132 Å². The van der Waals surface area contributed by atoms with Gasteiger partial charge in [-0.05, 0) is 55.8 Å². The second-order valence-electron chi connectivity index (χ2n) is 4.82. The van der Waals surface area contributed by atoms with Crippen molar-refractivity contribution < 1.29 is 4.39 Å². The second-order valence-corrected chi connectivity index (χ2v) is 6.08. The Kier molecular flexibility index (Phi) is 4.84. The minimum Gasteiger partial charge on any atom is -0.309 e. The van der Waals surface area contributed by atoms with Gasteiger partial charge in [-0.3, -0.25) is 0 Å². The summed E-state index contributed by atoms with van der Waals surface area (Å²) in [5.41, 5.74) is 3.71. The lowest BCUT2D eigenvalue weighted by Crippen LogP contribution is -2.20. The molecule has 1 atom stereocenters. The van der Waals surface area contributed by atoms with Crippen molar-refractivity contribution in [2.24, 2.45) is 0 Å². The molecule has 0 saturated carbocycles. The zero-order valence-electron chi connectivity index (χ0n) is 11.6. The molecule has 0 aromatic heterocycles. The summed E-state index contributed by atoms with van der Waals surface area (Å²) in [6.07, 6.45) is 0. The molecule has 106 valence electrons. The third kappa shape index (κ3) is 2.90. The van der Waals surface area contributed by atoms with Crippen LogP contribution in [-0.4, -0.2) is 7.05 Å². The van der Waals surface area contributed by atoms with Gasteiger partial charge in [-0.25, -0.2) is 4.39 Å². The van der Waals surface area contributed by atoms with Crippen LogP contribution in [0.3, 0.4) is 0 Å². The summed E-state index contributed by atoms with van der Waals surface area (Å²) >= 11 is 9.70. The summed E-state index contributed by atoms with van der Waals surface area (Å²) < 4.78 is 15.2. The molecule has 20 heavy (non-hydrogen) atoms. The first-order chi connectivity index (χ1) is 9.45. The van der Waals surface area contributed by atoms with Crippen molar-refractivity contribution in [3.8, 4) is 0 Å². The monoisotopic (exact) mass is 355 g/mol.